The molecule has 0 N–H and O–H groups in total. The first-order chi connectivity index (χ1) is 9.31. The van der Waals surface area contributed by atoms with E-state index in [0.29, 0.717) is 0 Å². The molecule has 0 saturated carbocycles. The van der Waals surface area contributed by atoms with E-state index in [1.54, 1.807) is 0 Å². The molecular formula is C18H21I. The van der Waals surface area contributed by atoms with Crippen LogP contribution in [-0.4, -0.2) is 0 Å². The lowest BCUT2D eigenvalue weighted by Gasteiger charge is -2.06. The van der Waals surface area contributed by atoms with Crippen molar-refractivity contribution in [3.8, 4) is 11.1 Å². The lowest BCUT2D eigenvalue weighted by molar-refractivity contribution is 0.667. The van der Waals surface area contributed by atoms with E-state index in [4.69, 9.17) is 0 Å². The molecule has 2 aromatic carbocycles. The molecule has 0 heterocycles. The third-order valence-corrected chi connectivity index (χ3v) is 4.40. The fourth-order valence-electron chi connectivity index (χ4n) is 2.30. The van der Waals surface area contributed by atoms with Gasteiger partial charge in [-0.1, -0.05) is 68.7 Å². The maximum Gasteiger partial charge on any atom is 0.0208 e. The van der Waals surface area contributed by atoms with Gasteiger partial charge in [-0.2, -0.15) is 0 Å². The smallest absolute Gasteiger partial charge is 0.0208 e. The largest absolute Gasteiger partial charge is 0.0654 e. The molecule has 0 bridgehead atoms. The van der Waals surface area contributed by atoms with Gasteiger partial charge in [0.25, 0.3) is 0 Å². The van der Waals surface area contributed by atoms with Crippen LogP contribution in [0.4, 0.5) is 0 Å². The van der Waals surface area contributed by atoms with Gasteiger partial charge in [-0.05, 0) is 58.2 Å². The third-order valence-electron chi connectivity index (χ3n) is 3.46. The number of benzene rings is 2. The Bertz CT molecular complexity index is 499. The fraction of sp³-hybridized carbons (Fsp3) is 0.333. The van der Waals surface area contributed by atoms with Crippen molar-refractivity contribution >= 4 is 22.6 Å². The zero-order chi connectivity index (χ0) is 13.5. The molecule has 2 aromatic rings. The van der Waals surface area contributed by atoms with Crippen LogP contribution in [0, 0.1) is 3.57 Å². The Morgan fingerprint density at radius 3 is 2.26 bits per heavy atom. The Hall–Kier alpha value is -0.830. The highest BCUT2D eigenvalue weighted by Crippen LogP contribution is 2.25. The molecule has 0 unspecified atom stereocenters. The average Bonchev–Trinajstić information content (AvgIpc) is 2.45. The molecule has 0 aromatic heterocycles. The predicted octanol–water partition coefficient (Wildman–Crippen LogP) is 6.08. The molecule has 1 heteroatoms. The van der Waals surface area contributed by atoms with Crippen LogP contribution in [0.2, 0.25) is 0 Å². The Balaban J connectivity index is 2.01. The van der Waals surface area contributed by atoms with E-state index in [9.17, 15) is 0 Å². The van der Waals surface area contributed by atoms with Gasteiger partial charge in [-0.3, -0.25) is 0 Å². The molecule has 100 valence electrons. The van der Waals surface area contributed by atoms with Gasteiger partial charge in [-0.25, -0.2) is 0 Å². The van der Waals surface area contributed by atoms with Gasteiger partial charge < -0.3 is 0 Å². The van der Waals surface area contributed by atoms with Crippen molar-refractivity contribution in [3.05, 3.63) is 57.7 Å². The Kier molecular flexibility index (Phi) is 5.90. The van der Waals surface area contributed by atoms with E-state index in [1.807, 2.05) is 0 Å². The maximum atomic E-state index is 2.40. The monoisotopic (exact) mass is 364 g/mol. The van der Waals surface area contributed by atoms with Crippen molar-refractivity contribution in [2.45, 2.75) is 39.0 Å². The first-order valence-electron chi connectivity index (χ1n) is 7.15. The van der Waals surface area contributed by atoms with Crippen molar-refractivity contribution in [1.29, 1.82) is 0 Å². The first kappa shape index (κ1) is 14.6. The molecule has 0 amide bonds. The van der Waals surface area contributed by atoms with E-state index in [-0.39, 0.29) is 0 Å². The zero-order valence-electron chi connectivity index (χ0n) is 11.5. The molecule has 0 fully saturated rings. The van der Waals surface area contributed by atoms with Crippen LogP contribution in [0.1, 0.15) is 38.2 Å². The Morgan fingerprint density at radius 1 is 0.842 bits per heavy atom. The van der Waals surface area contributed by atoms with Crippen molar-refractivity contribution in [2.75, 3.05) is 0 Å². The highest BCUT2D eigenvalue weighted by Gasteiger charge is 2.01. The zero-order valence-corrected chi connectivity index (χ0v) is 13.7. The fourth-order valence-corrected chi connectivity index (χ4v) is 3.00. The molecule has 0 radical (unpaired) electrons. The minimum Gasteiger partial charge on any atom is -0.0654 e. The standard InChI is InChI=1S/C18H21I/c1-2-3-4-5-8-15-11-13-16(14-12-15)17-9-6-7-10-18(17)19/h6-7,9-14H,2-5,8H2,1H3. The summed E-state index contributed by atoms with van der Waals surface area (Å²) >= 11 is 2.40. The highest BCUT2D eigenvalue weighted by molar-refractivity contribution is 14.1. The van der Waals surface area contributed by atoms with E-state index in [1.165, 1.54) is 52.4 Å². The number of unbranched alkanes of at least 4 members (excludes halogenated alkanes) is 3. The normalized spacial score (nSPS) is 10.6. The minimum absolute atomic E-state index is 1.21. The molecule has 0 aliphatic rings. The molecule has 0 aliphatic carbocycles. The van der Waals surface area contributed by atoms with Gasteiger partial charge in [0.2, 0.25) is 0 Å². The quantitative estimate of drug-likeness (QED) is 0.430. The molecule has 0 aliphatic heterocycles. The summed E-state index contributed by atoms with van der Waals surface area (Å²) in [6.07, 6.45) is 6.56. The number of hydrogen-bond donors (Lipinski definition) is 0. The number of hydrogen-bond acceptors (Lipinski definition) is 0. The van der Waals surface area contributed by atoms with Crippen LogP contribution in [0.5, 0.6) is 0 Å². The Labute approximate surface area is 130 Å². The second kappa shape index (κ2) is 7.68. The molecule has 2 rings (SSSR count). The first-order valence-corrected chi connectivity index (χ1v) is 8.23. The molecular weight excluding hydrogens is 343 g/mol. The number of rotatable bonds is 6. The lowest BCUT2D eigenvalue weighted by Crippen LogP contribution is -1.87. The van der Waals surface area contributed by atoms with E-state index < -0.39 is 0 Å². The topological polar surface area (TPSA) is 0 Å². The van der Waals surface area contributed by atoms with E-state index in [0.717, 1.165) is 0 Å². The molecule has 0 atom stereocenters. The van der Waals surface area contributed by atoms with Crippen LogP contribution in [0.15, 0.2) is 48.5 Å². The van der Waals surface area contributed by atoms with Crippen LogP contribution in [0.25, 0.3) is 11.1 Å². The van der Waals surface area contributed by atoms with Gasteiger partial charge in [0.1, 0.15) is 0 Å². The third kappa shape index (κ3) is 4.34. The molecule has 0 nitrogen and oxygen atoms in total. The maximum absolute atomic E-state index is 2.40. The summed E-state index contributed by atoms with van der Waals surface area (Å²) in [7, 11) is 0. The SMILES string of the molecule is CCCCCCc1ccc(-c2ccccc2I)cc1. The van der Waals surface area contributed by atoms with Gasteiger partial charge in [-0.15, -0.1) is 0 Å². The van der Waals surface area contributed by atoms with Crippen molar-refractivity contribution in [1.82, 2.24) is 0 Å². The molecule has 0 spiro atoms. The molecule has 0 saturated heterocycles. The van der Waals surface area contributed by atoms with Crippen molar-refractivity contribution in [3.63, 3.8) is 0 Å². The second-order valence-corrected chi connectivity index (χ2v) is 6.15. The Morgan fingerprint density at radius 2 is 1.58 bits per heavy atom. The summed E-state index contributed by atoms with van der Waals surface area (Å²) in [4.78, 5) is 0. The van der Waals surface area contributed by atoms with Crippen LogP contribution < -0.4 is 0 Å². The van der Waals surface area contributed by atoms with E-state index in [2.05, 4.69) is 78.0 Å². The van der Waals surface area contributed by atoms with Crippen molar-refractivity contribution in [2.24, 2.45) is 0 Å². The summed E-state index contributed by atoms with van der Waals surface area (Å²) in [6, 6.07) is 17.6. The summed E-state index contributed by atoms with van der Waals surface area (Å²) in [6.45, 7) is 2.26. The summed E-state index contributed by atoms with van der Waals surface area (Å²) in [5, 5.41) is 0. The minimum atomic E-state index is 1.21. The lowest BCUT2D eigenvalue weighted by atomic mass is 10.0. The summed E-state index contributed by atoms with van der Waals surface area (Å²) < 4.78 is 1.32. The van der Waals surface area contributed by atoms with Crippen LogP contribution in [0.3, 0.4) is 0 Å². The molecule has 19 heavy (non-hydrogen) atoms. The van der Waals surface area contributed by atoms with Crippen molar-refractivity contribution < 1.29 is 0 Å². The summed E-state index contributed by atoms with van der Waals surface area (Å²) in [5.41, 5.74) is 4.12. The number of aryl methyl sites for hydroxylation is 1. The van der Waals surface area contributed by atoms with Crippen LogP contribution >= 0.6 is 22.6 Å². The van der Waals surface area contributed by atoms with E-state index >= 15 is 0 Å². The summed E-state index contributed by atoms with van der Waals surface area (Å²) in [5.74, 6) is 0. The predicted molar refractivity (Wildman–Crippen MR) is 92.4 cm³/mol. The highest BCUT2D eigenvalue weighted by atomic mass is 127. The average molecular weight is 364 g/mol. The van der Waals surface area contributed by atoms with Gasteiger partial charge >= 0.3 is 0 Å². The second-order valence-electron chi connectivity index (χ2n) is 4.99. The number of halogens is 1. The van der Waals surface area contributed by atoms with Gasteiger partial charge in [0.15, 0.2) is 0 Å². The van der Waals surface area contributed by atoms with Gasteiger partial charge in [0.05, 0.1) is 0 Å². The van der Waals surface area contributed by atoms with Gasteiger partial charge in [0, 0.05) is 3.57 Å². The van der Waals surface area contributed by atoms with Crippen LogP contribution in [-0.2, 0) is 6.42 Å².